The summed E-state index contributed by atoms with van der Waals surface area (Å²) in [7, 11) is 0. The van der Waals surface area contributed by atoms with Crippen LogP contribution in [0.4, 0.5) is 0 Å². The van der Waals surface area contributed by atoms with Gasteiger partial charge in [-0.05, 0) is 5.56 Å². The molecular weight excluding hydrogens is 240 g/mol. The summed E-state index contributed by atoms with van der Waals surface area (Å²) in [5, 5.41) is 18.2. The van der Waals surface area contributed by atoms with E-state index in [1.54, 1.807) is 43.3 Å². The first-order valence-corrected chi connectivity index (χ1v) is 6.15. The Morgan fingerprint density at radius 3 is 1.95 bits per heavy atom. The number of ketones is 1. The van der Waals surface area contributed by atoms with Crippen LogP contribution in [0.3, 0.4) is 0 Å². The summed E-state index contributed by atoms with van der Waals surface area (Å²) in [4.78, 5) is 12.2. The zero-order valence-electron chi connectivity index (χ0n) is 10.7. The minimum atomic E-state index is -1.39. The van der Waals surface area contributed by atoms with Gasteiger partial charge in [0.2, 0.25) is 0 Å². The third-order valence-corrected chi connectivity index (χ3v) is 3.18. The molecule has 0 saturated heterocycles. The molecule has 2 aromatic carbocycles. The largest absolute Gasteiger partial charge is 0.368 e. The second-order valence-electron chi connectivity index (χ2n) is 4.52. The van der Waals surface area contributed by atoms with Gasteiger partial charge in [0.05, 0.1) is 0 Å². The molecule has 0 saturated carbocycles. The summed E-state index contributed by atoms with van der Waals surface area (Å²) in [6.07, 6.45) is -1.39. The lowest BCUT2D eigenvalue weighted by Crippen LogP contribution is -2.14. The molecule has 0 aliphatic carbocycles. The Kier molecular flexibility index (Phi) is 4.10. The van der Waals surface area contributed by atoms with E-state index in [0.29, 0.717) is 11.1 Å². The lowest BCUT2D eigenvalue weighted by molar-refractivity contribution is -0.0561. The smallest absolute Gasteiger partial charge is 0.193 e. The summed E-state index contributed by atoms with van der Waals surface area (Å²) in [5.74, 6) is -0.412. The van der Waals surface area contributed by atoms with Crippen molar-refractivity contribution in [2.24, 2.45) is 0 Å². The van der Waals surface area contributed by atoms with Crippen LogP contribution in [-0.4, -0.2) is 22.3 Å². The second kappa shape index (κ2) is 5.78. The van der Waals surface area contributed by atoms with Gasteiger partial charge >= 0.3 is 0 Å². The number of aliphatic hydroxyl groups is 2. The molecule has 0 aliphatic rings. The Labute approximate surface area is 112 Å². The van der Waals surface area contributed by atoms with Gasteiger partial charge in [0.15, 0.2) is 12.1 Å². The molecule has 98 valence electrons. The van der Waals surface area contributed by atoms with E-state index in [2.05, 4.69) is 0 Å². The van der Waals surface area contributed by atoms with Gasteiger partial charge in [-0.3, -0.25) is 4.79 Å². The van der Waals surface area contributed by atoms with Crippen LogP contribution < -0.4 is 0 Å². The predicted molar refractivity (Wildman–Crippen MR) is 73.0 cm³/mol. The average molecular weight is 256 g/mol. The molecule has 0 fully saturated rings. The number of carbonyl (C=O) groups is 1. The number of hydrogen-bond donors (Lipinski definition) is 2. The van der Waals surface area contributed by atoms with Gasteiger partial charge in [0.25, 0.3) is 0 Å². The first-order chi connectivity index (χ1) is 9.09. The molecule has 19 heavy (non-hydrogen) atoms. The van der Waals surface area contributed by atoms with E-state index in [1.807, 2.05) is 18.2 Å². The fourth-order valence-electron chi connectivity index (χ4n) is 1.87. The van der Waals surface area contributed by atoms with Crippen LogP contribution in [0.2, 0.25) is 0 Å². The van der Waals surface area contributed by atoms with Crippen molar-refractivity contribution in [2.45, 2.75) is 19.1 Å². The SMILES string of the molecule is CC(c1ccc(C(=O)c2ccccc2)cc1)C(O)O. The Bertz CT molecular complexity index is 544. The van der Waals surface area contributed by atoms with Crippen molar-refractivity contribution in [1.29, 1.82) is 0 Å². The molecule has 0 spiro atoms. The lowest BCUT2D eigenvalue weighted by atomic mass is 9.97. The first-order valence-electron chi connectivity index (χ1n) is 6.15. The van der Waals surface area contributed by atoms with Crippen molar-refractivity contribution in [3.8, 4) is 0 Å². The fourth-order valence-corrected chi connectivity index (χ4v) is 1.87. The molecule has 0 radical (unpaired) electrons. The first kappa shape index (κ1) is 13.5. The quantitative estimate of drug-likeness (QED) is 0.652. The van der Waals surface area contributed by atoms with E-state index in [9.17, 15) is 4.79 Å². The van der Waals surface area contributed by atoms with Crippen molar-refractivity contribution in [2.75, 3.05) is 0 Å². The lowest BCUT2D eigenvalue weighted by Gasteiger charge is -2.14. The maximum atomic E-state index is 12.2. The van der Waals surface area contributed by atoms with E-state index >= 15 is 0 Å². The summed E-state index contributed by atoms with van der Waals surface area (Å²) in [6, 6.07) is 16.0. The summed E-state index contributed by atoms with van der Waals surface area (Å²) in [5.41, 5.74) is 2.03. The number of rotatable bonds is 4. The summed E-state index contributed by atoms with van der Waals surface area (Å²) < 4.78 is 0. The van der Waals surface area contributed by atoms with E-state index in [4.69, 9.17) is 10.2 Å². The van der Waals surface area contributed by atoms with Crippen LogP contribution in [0.1, 0.15) is 34.3 Å². The van der Waals surface area contributed by atoms with Crippen molar-refractivity contribution in [3.05, 3.63) is 71.3 Å². The van der Waals surface area contributed by atoms with Gasteiger partial charge in [-0.2, -0.15) is 0 Å². The molecule has 0 bridgehead atoms. The van der Waals surface area contributed by atoms with Gasteiger partial charge in [-0.25, -0.2) is 0 Å². The molecule has 0 heterocycles. The molecule has 2 aromatic rings. The van der Waals surface area contributed by atoms with Crippen LogP contribution >= 0.6 is 0 Å². The minimum Gasteiger partial charge on any atom is -0.368 e. The molecule has 0 amide bonds. The van der Waals surface area contributed by atoms with Gasteiger partial charge in [0, 0.05) is 17.0 Å². The van der Waals surface area contributed by atoms with E-state index < -0.39 is 6.29 Å². The Hall–Kier alpha value is -1.97. The second-order valence-corrected chi connectivity index (χ2v) is 4.52. The molecule has 3 nitrogen and oxygen atoms in total. The van der Waals surface area contributed by atoms with Gasteiger partial charge in [0.1, 0.15) is 0 Å². The topological polar surface area (TPSA) is 57.5 Å². The highest BCUT2D eigenvalue weighted by molar-refractivity contribution is 6.08. The third kappa shape index (κ3) is 3.08. The number of benzene rings is 2. The van der Waals surface area contributed by atoms with Crippen molar-refractivity contribution < 1.29 is 15.0 Å². The highest BCUT2D eigenvalue weighted by Crippen LogP contribution is 2.19. The normalized spacial score (nSPS) is 12.4. The molecule has 1 unspecified atom stereocenters. The van der Waals surface area contributed by atoms with Crippen LogP contribution in [0.25, 0.3) is 0 Å². The van der Waals surface area contributed by atoms with E-state index in [0.717, 1.165) is 5.56 Å². The predicted octanol–water partition coefficient (Wildman–Crippen LogP) is 2.33. The van der Waals surface area contributed by atoms with Crippen LogP contribution in [-0.2, 0) is 0 Å². The van der Waals surface area contributed by atoms with E-state index in [-0.39, 0.29) is 11.7 Å². The third-order valence-electron chi connectivity index (χ3n) is 3.18. The van der Waals surface area contributed by atoms with E-state index in [1.165, 1.54) is 0 Å². The molecule has 3 heteroatoms. The minimum absolute atomic E-state index is 0.0376. The maximum Gasteiger partial charge on any atom is 0.193 e. The Balaban J connectivity index is 2.22. The van der Waals surface area contributed by atoms with Crippen LogP contribution in [0, 0.1) is 0 Å². The molecule has 0 aliphatic heterocycles. The Morgan fingerprint density at radius 2 is 1.42 bits per heavy atom. The zero-order chi connectivity index (χ0) is 13.8. The molecule has 1 atom stereocenters. The summed E-state index contributed by atoms with van der Waals surface area (Å²) in [6.45, 7) is 1.72. The average Bonchev–Trinajstić information content (AvgIpc) is 2.46. The fraction of sp³-hybridized carbons (Fsp3) is 0.188. The summed E-state index contributed by atoms with van der Waals surface area (Å²) >= 11 is 0. The van der Waals surface area contributed by atoms with Crippen LogP contribution in [0.15, 0.2) is 54.6 Å². The highest BCUT2D eigenvalue weighted by atomic mass is 16.5. The van der Waals surface area contributed by atoms with Crippen molar-refractivity contribution in [3.63, 3.8) is 0 Å². The van der Waals surface area contributed by atoms with Gasteiger partial charge in [-0.15, -0.1) is 0 Å². The molecule has 0 aromatic heterocycles. The number of carbonyl (C=O) groups excluding carboxylic acids is 1. The van der Waals surface area contributed by atoms with Crippen LogP contribution in [0.5, 0.6) is 0 Å². The monoisotopic (exact) mass is 256 g/mol. The van der Waals surface area contributed by atoms with Crippen molar-refractivity contribution in [1.82, 2.24) is 0 Å². The highest BCUT2D eigenvalue weighted by Gasteiger charge is 2.14. The van der Waals surface area contributed by atoms with Crippen molar-refractivity contribution >= 4 is 5.78 Å². The standard InChI is InChI=1S/C16H16O3/c1-11(16(18)19)12-7-9-14(10-8-12)15(17)13-5-3-2-4-6-13/h2-11,16,18-19H,1H3. The van der Waals surface area contributed by atoms with Gasteiger partial charge in [-0.1, -0.05) is 61.5 Å². The zero-order valence-corrected chi connectivity index (χ0v) is 10.7. The Morgan fingerprint density at radius 1 is 0.895 bits per heavy atom. The maximum absolute atomic E-state index is 12.2. The van der Waals surface area contributed by atoms with Gasteiger partial charge < -0.3 is 10.2 Å². The number of hydrogen-bond acceptors (Lipinski definition) is 3. The number of aliphatic hydroxyl groups excluding tert-OH is 1. The molecule has 2 N–H and O–H groups in total. The molecular formula is C16H16O3. The molecule has 2 rings (SSSR count).